The smallest absolute Gasteiger partial charge is 0.191 e. The molecule has 0 amide bonds. The third-order valence-corrected chi connectivity index (χ3v) is 4.46. The minimum atomic E-state index is 0.571. The molecule has 6 nitrogen and oxygen atoms in total. The van der Waals surface area contributed by atoms with Crippen LogP contribution in [0.5, 0.6) is 0 Å². The van der Waals surface area contributed by atoms with E-state index in [1.807, 2.05) is 24.0 Å². The van der Waals surface area contributed by atoms with Crippen molar-refractivity contribution in [3.05, 3.63) is 48.3 Å². The predicted molar refractivity (Wildman–Crippen MR) is 109 cm³/mol. The van der Waals surface area contributed by atoms with Crippen molar-refractivity contribution in [1.29, 1.82) is 0 Å². The van der Waals surface area contributed by atoms with Crippen LogP contribution in [0, 0.1) is 0 Å². The molecule has 0 bridgehead atoms. The van der Waals surface area contributed by atoms with Gasteiger partial charge in [-0.05, 0) is 50.6 Å². The zero-order chi connectivity index (χ0) is 18.8. The van der Waals surface area contributed by atoms with E-state index >= 15 is 0 Å². The Kier molecular flexibility index (Phi) is 8.15. The number of aromatic nitrogens is 2. The van der Waals surface area contributed by atoms with Crippen LogP contribution in [0.1, 0.15) is 26.3 Å². The molecule has 0 aliphatic heterocycles. The Hall–Kier alpha value is -2.34. The Balaban J connectivity index is 1.72. The number of hydrogen-bond acceptors (Lipinski definition) is 3. The van der Waals surface area contributed by atoms with Gasteiger partial charge in [-0.25, -0.2) is 4.68 Å². The molecule has 0 spiro atoms. The van der Waals surface area contributed by atoms with Crippen LogP contribution in [0.3, 0.4) is 0 Å². The van der Waals surface area contributed by atoms with Crippen LogP contribution in [-0.2, 0) is 6.42 Å². The minimum absolute atomic E-state index is 0.571. The number of guanidine groups is 1. The lowest BCUT2D eigenvalue weighted by molar-refractivity contribution is 0.237. The standard InChI is InChI=1S/C20H32N6/c1-5-25(17(2)3)16-14-23-20(21-4)22-13-11-18-7-9-19(10-8-18)26-15-6-12-24-26/h6-10,12,15,17H,5,11,13-14,16H2,1-4H3,(H2,21,22,23). The topological polar surface area (TPSA) is 57.5 Å². The first-order valence-corrected chi connectivity index (χ1v) is 9.41. The molecule has 142 valence electrons. The summed E-state index contributed by atoms with van der Waals surface area (Å²) in [6, 6.07) is 11.0. The van der Waals surface area contributed by atoms with Gasteiger partial charge in [0.05, 0.1) is 5.69 Å². The summed E-state index contributed by atoms with van der Waals surface area (Å²) >= 11 is 0. The van der Waals surface area contributed by atoms with Crippen LogP contribution in [0.25, 0.3) is 5.69 Å². The minimum Gasteiger partial charge on any atom is -0.356 e. The first-order chi connectivity index (χ1) is 12.6. The van der Waals surface area contributed by atoms with Gasteiger partial charge in [-0.2, -0.15) is 5.10 Å². The zero-order valence-electron chi connectivity index (χ0n) is 16.4. The molecular weight excluding hydrogens is 324 g/mol. The van der Waals surface area contributed by atoms with E-state index < -0.39 is 0 Å². The second-order valence-electron chi connectivity index (χ2n) is 6.52. The summed E-state index contributed by atoms with van der Waals surface area (Å²) in [6.07, 6.45) is 4.69. The highest BCUT2D eigenvalue weighted by Crippen LogP contribution is 2.08. The fourth-order valence-electron chi connectivity index (χ4n) is 2.88. The van der Waals surface area contributed by atoms with Gasteiger partial charge >= 0.3 is 0 Å². The van der Waals surface area contributed by atoms with Gasteiger partial charge in [0.2, 0.25) is 0 Å². The number of likely N-dealkylation sites (N-methyl/N-ethyl adjacent to an activating group) is 1. The van der Waals surface area contributed by atoms with E-state index in [1.165, 1.54) is 5.56 Å². The van der Waals surface area contributed by atoms with Crippen LogP contribution < -0.4 is 10.6 Å². The molecule has 2 N–H and O–H groups in total. The van der Waals surface area contributed by atoms with Gasteiger partial charge < -0.3 is 10.6 Å². The lowest BCUT2D eigenvalue weighted by atomic mass is 10.1. The summed E-state index contributed by atoms with van der Waals surface area (Å²) in [5.74, 6) is 0.859. The third kappa shape index (κ3) is 6.19. The second-order valence-corrected chi connectivity index (χ2v) is 6.52. The molecule has 0 aliphatic carbocycles. The average Bonchev–Trinajstić information content (AvgIpc) is 3.18. The molecule has 2 aromatic rings. The van der Waals surface area contributed by atoms with Crippen LogP contribution in [0.2, 0.25) is 0 Å². The van der Waals surface area contributed by atoms with Crippen molar-refractivity contribution in [1.82, 2.24) is 25.3 Å². The molecular formula is C20H32N6. The van der Waals surface area contributed by atoms with Gasteiger partial charge in [0.1, 0.15) is 0 Å². The van der Waals surface area contributed by atoms with E-state index in [-0.39, 0.29) is 0 Å². The molecule has 0 atom stereocenters. The van der Waals surface area contributed by atoms with Crippen molar-refractivity contribution < 1.29 is 0 Å². The number of rotatable bonds is 9. The van der Waals surface area contributed by atoms with Gasteiger partial charge in [-0.3, -0.25) is 9.89 Å². The van der Waals surface area contributed by atoms with Gasteiger partial charge in [-0.15, -0.1) is 0 Å². The van der Waals surface area contributed by atoms with Crippen LogP contribution in [-0.4, -0.2) is 59.9 Å². The Bertz CT molecular complexity index is 645. The van der Waals surface area contributed by atoms with E-state index in [1.54, 1.807) is 6.20 Å². The molecule has 0 radical (unpaired) electrons. The van der Waals surface area contributed by atoms with Crippen molar-refractivity contribution in [3.63, 3.8) is 0 Å². The summed E-state index contributed by atoms with van der Waals surface area (Å²) in [5.41, 5.74) is 2.37. The molecule has 0 saturated heterocycles. The SMILES string of the molecule is CCN(CCNC(=NC)NCCc1ccc(-n2cccn2)cc1)C(C)C. The van der Waals surface area contributed by atoms with Crippen molar-refractivity contribution in [2.75, 3.05) is 33.2 Å². The van der Waals surface area contributed by atoms with Crippen molar-refractivity contribution in [2.45, 2.75) is 33.2 Å². The first-order valence-electron chi connectivity index (χ1n) is 9.41. The average molecular weight is 357 g/mol. The van der Waals surface area contributed by atoms with Crippen molar-refractivity contribution >= 4 is 5.96 Å². The highest BCUT2D eigenvalue weighted by molar-refractivity contribution is 5.79. The maximum atomic E-state index is 4.30. The molecule has 1 aromatic heterocycles. The predicted octanol–water partition coefficient (Wildman–Crippen LogP) is 2.31. The lowest BCUT2D eigenvalue weighted by Crippen LogP contribution is -2.43. The van der Waals surface area contributed by atoms with E-state index in [4.69, 9.17) is 0 Å². The maximum Gasteiger partial charge on any atom is 0.191 e. The normalized spacial score (nSPS) is 12.0. The molecule has 6 heteroatoms. The van der Waals surface area contributed by atoms with E-state index in [2.05, 4.69) is 70.7 Å². The molecule has 26 heavy (non-hydrogen) atoms. The number of aliphatic imine (C=N–C) groups is 1. The summed E-state index contributed by atoms with van der Waals surface area (Å²) < 4.78 is 1.87. The quantitative estimate of drug-likeness (QED) is 0.535. The monoisotopic (exact) mass is 356 g/mol. The molecule has 0 unspecified atom stereocenters. The highest BCUT2D eigenvalue weighted by atomic mass is 15.3. The Morgan fingerprint density at radius 3 is 2.50 bits per heavy atom. The van der Waals surface area contributed by atoms with Gasteiger partial charge in [-0.1, -0.05) is 19.1 Å². The van der Waals surface area contributed by atoms with Crippen molar-refractivity contribution in [3.8, 4) is 5.69 Å². The number of nitrogens with one attached hydrogen (secondary N) is 2. The molecule has 0 saturated carbocycles. The van der Waals surface area contributed by atoms with E-state index in [0.29, 0.717) is 6.04 Å². The largest absolute Gasteiger partial charge is 0.356 e. The van der Waals surface area contributed by atoms with Crippen LogP contribution in [0.15, 0.2) is 47.7 Å². The molecule has 0 fully saturated rings. The third-order valence-electron chi connectivity index (χ3n) is 4.46. The van der Waals surface area contributed by atoms with Gasteiger partial charge in [0.25, 0.3) is 0 Å². The van der Waals surface area contributed by atoms with Crippen molar-refractivity contribution in [2.24, 2.45) is 4.99 Å². The summed E-state index contributed by atoms with van der Waals surface area (Å²) in [4.78, 5) is 6.73. The maximum absolute atomic E-state index is 4.30. The zero-order valence-corrected chi connectivity index (χ0v) is 16.4. The number of nitrogens with zero attached hydrogens (tertiary/aromatic N) is 4. The molecule has 1 heterocycles. The highest BCUT2D eigenvalue weighted by Gasteiger charge is 2.06. The summed E-state index contributed by atoms with van der Waals surface area (Å²) in [5, 5.41) is 11.0. The molecule has 2 rings (SSSR count). The fraction of sp³-hybridized carbons (Fsp3) is 0.500. The Morgan fingerprint density at radius 1 is 1.19 bits per heavy atom. The van der Waals surface area contributed by atoms with Gasteiger partial charge in [0.15, 0.2) is 5.96 Å². The van der Waals surface area contributed by atoms with E-state index in [9.17, 15) is 0 Å². The Morgan fingerprint density at radius 2 is 1.92 bits per heavy atom. The van der Waals surface area contributed by atoms with Gasteiger partial charge in [0, 0.05) is 45.1 Å². The fourth-order valence-corrected chi connectivity index (χ4v) is 2.88. The molecule has 1 aromatic carbocycles. The summed E-state index contributed by atoms with van der Waals surface area (Å²) in [7, 11) is 1.81. The molecule has 0 aliphatic rings. The number of hydrogen-bond donors (Lipinski definition) is 2. The number of benzene rings is 1. The second kappa shape index (κ2) is 10.6. The Labute approximate surface area is 157 Å². The van der Waals surface area contributed by atoms with Crippen LogP contribution in [0.4, 0.5) is 0 Å². The first kappa shape index (κ1) is 20.0. The lowest BCUT2D eigenvalue weighted by Gasteiger charge is -2.25. The summed E-state index contributed by atoms with van der Waals surface area (Å²) in [6.45, 7) is 10.5. The van der Waals surface area contributed by atoms with E-state index in [0.717, 1.165) is 44.2 Å². The van der Waals surface area contributed by atoms with Crippen LogP contribution >= 0.6 is 0 Å².